The molecule has 2 aliphatic rings. The number of hydrogen-bond acceptors (Lipinski definition) is 1. The summed E-state index contributed by atoms with van der Waals surface area (Å²) in [5, 5.41) is 3.81. The molecule has 0 atom stereocenters. The average Bonchev–Trinajstić information content (AvgIpc) is 3.57. The quantitative estimate of drug-likeness (QED) is 0.217. The molecular weight excluding hydrogens is 424 g/mol. The van der Waals surface area contributed by atoms with Gasteiger partial charge in [-0.25, -0.2) is 4.98 Å². The van der Waals surface area contributed by atoms with E-state index in [0.717, 1.165) is 24.0 Å². The van der Waals surface area contributed by atoms with E-state index in [1.807, 2.05) is 0 Å². The number of para-hydroxylation sites is 3. The van der Waals surface area contributed by atoms with E-state index in [9.17, 15) is 0 Å². The second-order valence-electron chi connectivity index (χ2n) is 10.0. The van der Waals surface area contributed by atoms with Gasteiger partial charge in [0.05, 0.1) is 16.6 Å². The highest BCUT2D eigenvalue weighted by Gasteiger charge is 2.26. The van der Waals surface area contributed by atoms with Crippen LogP contribution in [-0.4, -0.2) is 9.38 Å². The van der Waals surface area contributed by atoms with E-state index in [-0.39, 0.29) is 0 Å². The van der Waals surface area contributed by atoms with Crippen LogP contribution in [0.5, 0.6) is 0 Å². The molecule has 2 nitrogen and oxygen atoms in total. The van der Waals surface area contributed by atoms with Gasteiger partial charge in [-0.1, -0.05) is 54.6 Å². The Morgan fingerprint density at radius 2 is 1.14 bits per heavy atom. The van der Waals surface area contributed by atoms with Crippen LogP contribution in [0, 0.1) is 0 Å². The lowest BCUT2D eigenvalue weighted by atomic mass is 9.96. The summed E-state index contributed by atoms with van der Waals surface area (Å²) in [5.74, 6) is 0. The monoisotopic (exact) mass is 444 g/mol. The maximum Gasteiger partial charge on any atom is 0.146 e. The zero-order chi connectivity index (χ0) is 22.7. The van der Waals surface area contributed by atoms with Crippen LogP contribution >= 0.6 is 0 Å². The molecule has 0 unspecified atom stereocenters. The van der Waals surface area contributed by atoms with E-state index in [0.29, 0.717) is 0 Å². The van der Waals surface area contributed by atoms with Crippen molar-refractivity contribution in [2.24, 2.45) is 0 Å². The Hall–Kier alpha value is -4.43. The van der Waals surface area contributed by atoms with Gasteiger partial charge < -0.3 is 0 Å². The number of fused-ring (bicyclic) bond motifs is 14. The molecule has 7 aromatic rings. The zero-order valence-corrected chi connectivity index (χ0v) is 19.0. The van der Waals surface area contributed by atoms with Crippen LogP contribution < -0.4 is 0 Å². The summed E-state index contributed by atoms with van der Waals surface area (Å²) in [6.07, 6.45) is 2.02. The molecule has 2 heteroatoms. The van der Waals surface area contributed by atoms with Crippen LogP contribution in [0.3, 0.4) is 0 Å². The van der Waals surface area contributed by atoms with E-state index < -0.39 is 0 Å². The molecule has 0 amide bonds. The molecule has 35 heavy (non-hydrogen) atoms. The van der Waals surface area contributed by atoms with Gasteiger partial charge in [0, 0.05) is 10.8 Å². The Labute approximate surface area is 202 Å². The smallest absolute Gasteiger partial charge is 0.146 e. The molecule has 0 saturated heterocycles. The van der Waals surface area contributed by atoms with Crippen LogP contribution in [0.15, 0.2) is 97.1 Å². The number of rotatable bonds is 0. The topological polar surface area (TPSA) is 17.3 Å². The summed E-state index contributed by atoms with van der Waals surface area (Å²) in [7, 11) is 0. The maximum absolute atomic E-state index is 5.11. The molecule has 0 N–H and O–H groups in total. The number of benzene rings is 5. The van der Waals surface area contributed by atoms with Gasteiger partial charge in [-0.2, -0.15) is 0 Å². The lowest BCUT2D eigenvalue weighted by Gasteiger charge is -2.11. The molecule has 162 valence electrons. The van der Waals surface area contributed by atoms with Crippen LogP contribution in [0.4, 0.5) is 0 Å². The summed E-state index contributed by atoms with van der Waals surface area (Å²) in [6.45, 7) is 0. The summed E-state index contributed by atoms with van der Waals surface area (Å²) in [4.78, 5) is 5.11. The third-order valence-electron chi connectivity index (χ3n) is 8.17. The summed E-state index contributed by atoms with van der Waals surface area (Å²) in [5.41, 5.74) is 15.9. The van der Waals surface area contributed by atoms with Gasteiger partial charge in [0.2, 0.25) is 0 Å². The summed E-state index contributed by atoms with van der Waals surface area (Å²) >= 11 is 0. The molecule has 2 heterocycles. The van der Waals surface area contributed by atoms with Crippen molar-refractivity contribution in [3.05, 3.63) is 119 Å². The molecule has 0 bridgehead atoms. The molecule has 0 aliphatic heterocycles. The first-order chi connectivity index (χ1) is 17.3. The predicted molar refractivity (Wildman–Crippen MR) is 144 cm³/mol. The molecule has 2 aromatic heterocycles. The highest BCUT2D eigenvalue weighted by atomic mass is 15.0. The van der Waals surface area contributed by atoms with Gasteiger partial charge in [-0.05, 0) is 105 Å². The van der Waals surface area contributed by atoms with Gasteiger partial charge in [-0.3, -0.25) is 4.40 Å². The Balaban J connectivity index is 1.37. The van der Waals surface area contributed by atoms with Gasteiger partial charge in [-0.15, -0.1) is 0 Å². The van der Waals surface area contributed by atoms with Crippen LogP contribution in [0.1, 0.15) is 22.3 Å². The molecular formula is C33H20N2. The molecule has 0 spiro atoms. The van der Waals surface area contributed by atoms with Gasteiger partial charge >= 0.3 is 0 Å². The van der Waals surface area contributed by atoms with Crippen LogP contribution in [0.25, 0.3) is 60.6 Å². The van der Waals surface area contributed by atoms with Crippen LogP contribution in [0.2, 0.25) is 0 Å². The van der Waals surface area contributed by atoms with Crippen molar-refractivity contribution in [2.75, 3.05) is 0 Å². The number of imidazole rings is 1. The summed E-state index contributed by atoms with van der Waals surface area (Å²) < 4.78 is 2.34. The normalized spacial score (nSPS) is 13.5. The second-order valence-corrected chi connectivity index (χ2v) is 10.0. The van der Waals surface area contributed by atoms with Crippen molar-refractivity contribution in [1.82, 2.24) is 9.38 Å². The van der Waals surface area contributed by atoms with Crippen molar-refractivity contribution in [3.8, 4) is 22.3 Å². The standard InChI is InChI=1S/C33H20N2/c1-2-8-23-19(7-1)13-20-16-26-21(15-25(20)23)14-22-17-29-28(18-27(22)26)24-9-3-5-11-31(24)35-32-12-6-4-10-30(32)34-33(29)35/h1-12,15-18H,13-14H2. The van der Waals surface area contributed by atoms with E-state index in [4.69, 9.17) is 4.98 Å². The van der Waals surface area contributed by atoms with Crippen molar-refractivity contribution in [2.45, 2.75) is 12.8 Å². The van der Waals surface area contributed by atoms with Crippen LogP contribution in [-0.2, 0) is 12.8 Å². The minimum absolute atomic E-state index is 0.981. The number of aromatic nitrogens is 2. The van der Waals surface area contributed by atoms with Gasteiger partial charge in [0.1, 0.15) is 5.65 Å². The number of hydrogen-bond donors (Lipinski definition) is 0. The Morgan fingerprint density at radius 1 is 0.486 bits per heavy atom. The Morgan fingerprint density at radius 3 is 2.06 bits per heavy atom. The van der Waals surface area contributed by atoms with E-state index >= 15 is 0 Å². The molecule has 0 radical (unpaired) electrons. The Bertz CT molecular complexity index is 2060. The largest absolute Gasteiger partial charge is 0.292 e. The van der Waals surface area contributed by atoms with Crippen molar-refractivity contribution >= 4 is 38.4 Å². The summed E-state index contributed by atoms with van der Waals surface area (Å²) in [6, 6.07) is 35.9. The first-order valence-corrected chi connectivity index (χ1v) is 12.3. The first-order valence-electron chi connectivity index (χ1n) is 12.3. The van der Waals surface area contributed by atoms with E-state index in [2.05, 4.69) is 101 Å². The van der Waals surface area contributed by atoms with E-state index in [1.54, 1.807) is 0 Å². The highest BCUT2D eigenvalue weighted by Crippen LogP contribution is 2.46. The molecule has 0 fully saturated rings. The van der Waals surface area contributed by atoms with Gasteiger partial charge in [0.15, 0.2) is 0 Å². The minimum Gasteiger partial charge on any atom is -0.292 e. The van der Waals surface area contributed by atoms with Crippen molar-refractivity contribution in [1.29, 1.82) is 0 Å². The maximum atomic E-state index is 5.11. The second kappa shape index (κ2) is 6.17. The SMILES string of the molecule is c1ccc2c(c1)Cc1cc3c(cc1-2)Cc1cc2c(cc1-3)c1ccccc1n1c3ccccc3nc21. The zero-order valence-electron chi connectivity index (χ0n) is 19.0. The molecule has 0 saturated carbocycles. The first kappa shape index (κ1) is 18.0. The Kier molecular flexibility index (Phi) is 3.16. The third-order valence-corrected chi connectivity index (χ3v) is 8.17. The lowest BCUT2D eigenvalue weighted by molar-refractivity contribution is 1.24. The average molecular weight is 445 g/mol. The lowest BCUT2D eigenvalue weighted by Crippen LogP contribution is -1.93. The van der Waals surface area contributed by atoms with Gasteiger partial charge in [0.25, 0.3) is 0 Å². The molecule has 2 aliphatic carbocycles. The van der Waals surface area contributed by atoms with Crippen molar-refractivity contribution < 1.29 is 0 Å². The fourth-order valence-electron chi connectivity index (χ4n) is 6.63. The third kappa shape index (κ3) is 2.22. The fraction of sp³-hybridized carbons (Fsp3) is 0.0606. The number of nitrogens with zero attached hydrogens (tertiary/aromatic N) is 2. The minimum atomic E-state index is 0.981. The molecule has 5 aromatic carbocycles. The number of pyridine rings is 1. The molecule has 9 rings (SSSR count). The van der Waals surface area contributed by atoms with Crippen molar-refractivity contribution in [3.63, 3.8) is 0 Å². The fourth-order valence-corrected chi connectivity index (χ4v) is 6.63. The van der Waals surface area contributed by atoms with E-state index in [1.165, 1.54) is 71.7 Å². The highest BCUT2D eigenvalue weighted by molar-refractivity contribution is 6.15. The predicted octanol–water partition coefficient (Wildman–Crippen LogP) is 7.94.